The predicted octanol–water partition coefficient (Wildman–Crippen LogP) is 3.18. The summed E-state index contributed by atoms with van der Waals surface area (Å²) in [5, 5.41) is -3.63. The van der Waals surface area contributed by atoms with Crippen LogP contribution in [0.1, 0.15) is 5.69 Å². The fraction of sp³-hybridized carbons (Fsp3) is 0.200. The Morgan fingerprint density at radius 3 is 2.42 bits per heavy atom. The molecule has 0 bridgehead atoms. The normalized spacial score (nSPS) is 11.8. The van der Waals surface area contributed by atoms with Gasteiger partial charge in [-0.1, -0.05) is 11.6 Å². The lowest BCUT2D eigenvalue weighted by Crippen LogP contribution is -2.08. The Kier molecular flexibility index (Phi) is 2.85. The lowest BCUT2D eigenvalue weighted by molar-refractivity contribution is 0.0889. The van der Waals surface area contributed by atoms with Gasteiger partial charge in [-0.3, -0.25) is 0 Å². The number of hydrogen-bond donors (Lipinski definition) is 0. The Labute approximate surface area is 85.0 Å². The maximum absolute atomic E-state index is 12.5. The van der Waals surface area contributed by atoms with Gasteiger partial charge in [0.15, 0.2) is 0 Å². The van der Waals surface area contributed by atoms with E-state index in [1.807, 2.05) is 0 Å². The van der Waals surface area contributed by atoms with Gasteiger partial charge in [0.05, 0.1) is 4.47 Å². The Hall–Kier alpha value is -0.0000000000000000555. The molecule has 1 heterocycles. The van der Waals surface area contributed by atoms with Crippen LogP contribution >= 0.6 is 39.1 Å². The molecule has 1 aromatic heterocycles. The summed E-state index contributed by atoms with van der Waals surface area (Å²) in [6.07, 6.45) is 0.915. The molecule has 0 aromatic carbocycles. The molecule has 2 nitrogen and oxygen atoms in total. The van der Waals surface area contributed by atoms with Crippen molar-refractivity contribution < 1.29 is 8.78 Å². The molecular weight excluding hydrogens is 277 g/mol. The quantitative estimate of drug-likeness (QED) is 0.582. The lowest BCUT2D eigenvalue weighted by Gasteiger charge is -2.08. The highest BCUT2D eigenvalue weighted by atomic mass is 79.9. The van der Waals surface area contributed by atoms with Gasteiger partial charge >= 0.3 is 5.38 Å². The van der Waals surface area contributed by atoms with Crippen LogP contribution in [0.2, 0.25) is 5.15 Å². The highest BCUT2D eigenvalue weighted by molar-refractivity contribution is 9.10. The van der Waals surface area contributed by atoms with Gasteiger partial charge in [0.2, 0.25) is 0 Å². The Morgan fingerprint density at radius 2 is 2.00 bits per heavy atom. The van der Waals surface area contributed by atoms with Gasteiger partial charge in [0, 0.05) is 0 Å². The monoisotopic (exact) mass is 276 g/mol. The van der Waals surface area contributed by atoms with Crippen molar-refractivity contribution in [3.8, 4) is 0 Å². The maximum atomic E-state index is 12.5. The van der Waals surface area contributed by atoms with E-state index < -0.39 is 11.1 Å². The van der Waals surface area contributed by atoms with Crippen molar-refractivity contribution in [2.45, 2.75) is 5.38 Å². The van der Waals surface area contributed by atoms with Crippen LogP contribution in [-0.4, -0.2) is 9.97 Å². The van der Waals surface area contributed by atoms with Crippen LogP contribution in [0.5, 0.6) is 0 Å². The van der Waals surface area contributed by atoms with Crippen molar-refractivity contribution in [1.29, 1.82) is 0 Å². The van der Waals surface area contributed by atoms with Crippen molar-refractivity contribution in [2.75, 3.05) is 0 Å². The molecule has 0 aliphatic heterocycles. The Bertz CT molecular complexity index is 302. The zero-order valence-corrected chi connectivity index (χ0v) is 8.46. The van der Waals surface area contributed by atoms with Crippen LogP contribution in [-0.2, 0) is 5.38 Å². The molecule has 0 spiro atoms. The number of aromatic nitrogens is 2. The SMILES string of the molecule is FC(F)(Cl)c1ncnc(Cl)c1Br. The number of nitrogens with zero attached hydrogens (tertiary/aromatic N) is 2. The fourth-order valence-electron chi connectivity index (χ4n) is 0.546. The van der Waals surface area contributed by atoms with Gasteiger partial charge in [-0.2, -0.15) is 8.78 Å². The summed E-state index contributed by atoms with van der Waals surface area (Å²) in [7, 11) is 0. The van der Waals surface area contributed by atoms with E-state index >= 15 is 0 Å². The number of alkyl halides is 3. The molecule has 0 radical (unpaired) electrons. The zero-order chi connectivity index (χ0) is 9.35. The summed E-state index contributed by atoms with van der Waals surface area (Å²) in [6, 6.07) is 0. The molecule has 7 heteroatoms. The molecule has 0 unspecified atom stereocenters. The average molecular weight is 278 g/mol. The van der Waals surface area contributed by atoms with E-state index in [1.54, 1.807) is 0 Å². The van der Waals surface area contributed by atoms with E-state index in [0.29, 0.717) is 0 Å². The summed E-state index contributed by atoms with van der Waals surface area (Å²) in [6.45, 7) is 0. The minimum absolute atomic E-state index is 0.0910. The van der Waals surface area contributed by atoms with E-state index in [-0.39, 0.29) is 9.63 Å². The molecular formula is C5HBrCl2F2N2. The van der Waals surface area contributed by atoms with Crippen LogP contribution in [0, 0.1) is 0 Å². The van der Waals surface area contributed by atoms with Crippen molar-refractivity contribution in [3.05, 3.63) is 21.6 Å². The highest BCUT2D eigenvalue weighted by Crippen LogP contribution is 2.37. The first-order chi connectivity index (χ1) is 5.43. The number of halogens is 5. The van der Waals surface area contributed by atoms with Gasteiger partial charge in [-0.15, -0.1) is 0 Å². The molecule has 0 atom stereocenters. The summed E-state index contributed by atoms with van der Waals surface area (Å²) < 4.78 is 24.9. The molecule has 0 amide bonds. The second-order valence-electron chi connectivity index (χ2n) is 1.82. The zero-order valence-electron chi connectivity index (χ0n) is 5.36. The summed E-state index contributed by atoms with van der Waals surface area (Å²) >= 11 is 12.9. The van der Waals surface area contributed by atoms with E-state index in [1.165, 1.54) is 0 Å². The molecule has 0 aliphatic rings. The van der Waals surface area contributed by atoms with Crippen molar-refractivity contribution >= 4 is 39.1 Å². The largest absolute Gasteiger partial charge is 0.366 e. The predicted molar refractivity (Wildman–Crippen MR) is 44.5 cm³/mol. The van der Waals surface area contributed by atoms with Crippen molar-refractivity contribution in [1.82, 2.24) is 9.97 Å². The molecule has 1 aromatic rings. The Morgan fingerprint density at radius 1 is 1.42 bits per heavy atom. The lowest BCUT2D eigenvalue weighted by atomic mass is 10.4. The molecule has 0 N–H and O–H groups in total. The first-order valence-corrected chi connectivity index (χ1v) is 4.21. The third kappa shape index (κ3) is 2.02. The van der Waals surface area contributed by atoms with Crippen LogP contribution in [0.15, 0.2) is 10.8 Å². The third-order valence-electron chi connectivity index (χ3n) is 1.02. The second-order valence-corrected chi connectivity index (χ2v) is 3.45. The van der Waals surface area contributed by atoms with Crippen LogP contribution in [0.25, 0.3) is 0 Å². The maximum Gasteiger partial charge on any atom is 0.366 e. The van der Waals surface area contributed by atoms with Gasteiger partial charge in [-0.05, 0) is 27.5 Å². The first kappa shape index (κ1) is 10.1. The summed E-state index contributed by atoms with van der Waals surface area (Å²) in [5.41, 5.74) is -0.635. The standard InChI is InChI=1S/C5HBrCl2F2N2/c6-2-3(5(8,9)10)11-1-12-4(2)7/h1H. The van der Waals surface area contributed by atoms with E-state index in [9.17, 15) is 8.78 Å². The van der Waals surface area contributed by atoms with Crippen molar-refractivity contribution in [2.24, 2.45) is 0 Å². The highest BCUT2D eigenvalue weighted by Gasteiger charge is 2.33. The third-order valence-corrected chi connectivity index (χ3v) is 2.46. The van der Waals surface area contributed by atoms with E-state index in [2.05, 4.69) is 25.9 Å². The van der Waals surface area contributed by atoms with Gasteiger partial charge in [-0.25, -0.2) is 9.97 Å². The molecule has 1 rings (SSSR count). The minimum Gasteiger partial charge on any atom is -0.232 e. The van der Waals surface area contributed by atoms with Gasteiger partial charge in [0.1, 0.15) is 17.2 Å². The molecule has 0 fully saturated rings. The molecule has 0 saturated carbocycles. The summed E-state index contributed by atoms with van der Waals surface area (Å²) in [5.74, 6) is 0. The minimum atomic E-state index is -3.54. The van der Waals surface area contributed by atoms with E-state index in [4.69, 9.17) is 23.2 Å². The van der Waals surface area contributed by atoms with Gasteiger partial charge < -0.3 is 0 Å². The van der Waals surface area contributed by atoms with Crippen LogP contribution in [0.4, 0.5) is 8.78 Å². The molecule has 12 heavy (non-hydrogen) atoms. The van der Waals surface area contributed by atoms with Crippen LogP contribution < -0.4 is 0 Å². The number of rotatable bonds is 1. The Balaban J connectivity index is 3.26. The second kappa shape index (κ2) is 3.40. The van der Waals surface area contributed by atoms with E-state index in [0.717, 1.165) is 6.33 Å². The van der Waals surface area contributed by atoms with Crippen molar-refractivity contribution in [3.63, 3.8) is 0 Å². The molecule has 0 saturated heterocycles. The first-order valence-electron chi connectivity index (χ1n) is 2.66. The smallest absolute Gasteiger partial charge is 0.232 e. The van der Waals surface area contributed by atoms with Gasteiger partial charge in [0.25, 0.3) is 0 Å². The topological polar surface area (TPSA) is 25.8 Å². The fourth-order valence-corrected chi connectivity index (χ4v) is 1.39. The molecule has 66 valence electrons. The summed E-state index contributed by atoms with van der Waals surface area (Å²) in [4.78, 5) is 6.75. The number of hydrogen-bond acceptors (Lipinski definition) is 2. The molecule has 0 aliphatic carbocycles. The average Bonchev–Trinajstić information content (AvgIpc) is 1.92. The van der Waals surface area contributed by atoms with Crippen LogP contribution in [0.3, 0.4) is 0 Å².